The quantitative estimate of drug-likeness (QED) is 0.856. The minimum absolute atomic E-state index is 0.340. The van der Waals surface area contributed by atoms with E-state index in [1.54, 1.807) is 24.3 Å². The van der Waals surface area contributed by atoms with Gasteiger partial charge in [-0.3, -0.25) is 9.59 Å². The maximum atomic E-state index is 12.5. The number of aryl methyl sites for hydroxylation is 1. The highest BCUT2D eigenvalue weighted by Gasteiger charge is 2.47. The van der Waals surface area contributed by atoms with E-state index < -0.39 is 17.4 Å². The molecule has 2 aromatic rings. The summed E-state index contributed by atoms with van der Waals surface area (Å²) < 4.78 is 5.68. The third-order valence-electron chi connectivity index (χ3n) is 3.89. The summed E-state index contributed by atoms with van der Waals surface area (Å²) in [5.41, 5.74) is 1.10. The summed E-state index contributed by atoms with van der Waals surface area (Å²) in [6.07, 6.45) is 0. The standard InChI is InChI=1S/C18H18N2O3/c1-12-7-9-13(10-8-12)11-19-16(21)18(2)17(22)20-14-5-3-4-6-15(14)23-18/h3-10H,11H2,1-2H3,(H,19,21)(H,20,22)/t18-/m0/s1. The predicted octanol–water partition coefficient (Wildman–Crippen LogP) is 2.40. The Bertz CT molecular complexity index is 755. The van der Waals surface area contributed by atoms with Crippen LogP contribution in [0.4, 0.5) is 5.69 Å². The fourth-order valence-corrected chi connectivity index (χ4v) is 2.37. The maximum absolute atomic E-state index is 12.5. The lowest BCUT2D eigenvalue weighted by Gasteiger charge is -2.33. The lowest BCUT2D eigenvalue weighted by Crippen LogP contribution is -2.58. The van der Waals surface area contributed by atoms with Crippen molar-refractivity contribution in [2.45, 2.75) is 26.0 Å². The molecule has 0 unspecified atom stereocenters. The average Bonchev–Trinajstić information content (AvgIpc) is 2.55. The molecule has 0 fully saturated rings. The smallest absolute Gasteiger partial charge is 0.278 e. The Morgan fingerprint density at radius 3 is 2.61 bits per heavy atom. The largest absolute Gasteiger partial charge is 0.466 e. The van der Waals surface area contributed by atoms with E-state index >= 15 is 0 Å². The zero-order valence-corrected chi connectivity index (χ0v) is 13.1. The van der Waals surface area contributed by atoms with Gasteiger partial charge in [-0.1, -0.05) is 42.0 Å². The van der Waals surface area contributed by atoms with Gasteiger partial charge in [-0.05, 0) is 31.5 Å². The molecule has 1 heterocycles. The molecule has 23 heavy (non-hydrogen) atoms. The van der Waals surface area contributed by atoms with Crippen molar-refractivity contribution in [2.24, 2.45) is 0 Å². The second-order valence-electron chi connectivity index (χ2n) is 5.75. The fraction of sp³-hybridized carbons (Fsp3) is 0.222. The van der Waals surface area contributed by atoms with Gasteiger partial charge in [0.05, 0.1) is 5.69 Å². The van der Waals surface area contributed by atoms with Gasteiger partial charge in [-0.2, -0.15) is 0 Å². The first-order valence-corrected chi connectivity index (χ1v) is 7.42. The summed E-state index contributed by atoms with van der Waals surface area (Å²) in [4.78, 5) is 24.8. The lowest BCUT2D eigenvalue weighted by atomic mass is 10.0. The van der Waals surface area contributed by atoms with Crippen LogP contribution in [0.15, 0.2) is 48.5 Å². The van der Waals surface area contributed by atoms with Crippen LogP contribution < -0.4 is 15.4 Å². The first-order valence-electron chi connectivity index (χ1n) is 7.42. The van der Waals surface area contributed by atoms with Crippen molar-refractivity contribution in [2.75, 3.05) is 5.32 Å². The van der Waals surface area contributed by atoms with Crippen LogP contribution in [0.2, 0.25) is 0 Å². The molecule has 0 bridgehead atoms. The van der Waals surface area contributed by atoms with Gasteiger partial charge < -0.3 is 15.4 Å². The van der Waals surface area contributed by atoms with Gasteiger partial charge in [0.2, 0.25) is 0 Å². The zero-order chi connectivity index (χ0) is 16.4. The molecule has 0 saturated carbocycles. The third-order valence-corrected chi connectivity index (χ3v) is 3.89. The molecule has 1 aliphatic rings. The van der Waals surface area contributed by atoms with Crippen LogP contribution in [0.25, 0.3) is 0 Å². The summed E-state index contributed by atoms with van der Waals surface area (Å²) in [7, 11) is 0. The zero-order valence-electron chi connectivity index (χ0n) is 13.1. The Hall–Kier alpha value is -2.82. The molecule has 2 N–H and O–H groups in total. The number of anilines is 1. The molecule has 0 aromatic heterocycles. The number of rotatable bonds is 3. The van der Waals surface area contributed by atoms with Crippen LogP contribution in [-0.2, 0) is 16.1 Å². The molecular formula is C18H18N2O3. The molecule has 0 spiro atoms. The molecule has 0 aliphatic carbocycles. The molecule has 3 rings (SSSR count). The monoisotopic (exact) mass is 310 g/mol. The number of ether oxygens (including phenoxy) is 1. The Morgan fingerprint density at radius 2 is 1.87 bits per heavy atom. The summed E-state index contributed by atoms with van der Waals surface area (Å²) >= 11 is 0. The molecule has 0 radical (unpaired) electrons. The van der Waals surface area contributed by atoms with Crippen molar-refractivity contribution in [3.8, 4) is 5.75 Å². The van der Waals surface area contributed by atoms with Crippen LogP contribution in [-0.4, -0.2) is 17.4 Å². The molecular weight excluding hydrogens is 292 g/mol. The van der Waals surface area contributed by atoms with Crippen LogP contribution in [0.5, 0.6) is 5.75 Å². The van der Waals surface area contributed by atoms with Crippen molar-refractivity contribution in [1.29, 1.82) is 0 Å². The van der Waals surface area contributed by atoms with Gasteiger partial charge in [-0.25, -0.2) is 0 Å². The van der Waals surface area contributed by atoms with Crippen LogP contribution in [0.1, 0.15) is 18.1 Å². The Kier molecular flexibility index (Phi) is 3.78. The van der Waals surface area contributed by atoms with Gasteiger partial charge in [0.1, 0.15) is 5.75 Å². The van der Waals surface area contributed by atoms with Crippen molar-refractivity contribution < 1.29 is 14.3 Å². The predicted molar refractivity (Wildman–Crippen MR) is 87.1 cm³/mol. The molecule has 2 aromatic carbocycles. The van der Waals surface area contributed by atoms with Crippen LogP contribution >= 0.6 is 0 Å². The summed E-state index contributed by atoms with van der Waals surface area (Å²) in [5.74, 6) is -0.456. The SMILES string of the molecule is Cc1ccc(CNC(=O)[C@]2(C)Oc3ccccc3NC2=O)cc1. The molecule has 0 saturated heterocycles. The number of amides is 2. The highest BCUT2D eigenvalue weighted by atomic mass is 16.5. The van der Waals surface area contributed by atoms with E-state index in [9.17, 15) is 9.59 Å². The average molecular weight is 310 g/mol. The molecule has 1 aliphatic heterocycles. The maximum Gasteiger partial charge on any atom is 0.278 e. The van der Waals surface area contributed by atoms with E-state index in [0.29, 0.717) is 18.0 Å². The van der Waals surface area contributed by atoms with Crippen molar-refractivity contribution in [3.05, 3.63) is 59.7 Å². The van der Waals surface area contributed by atoms with E-state index in [1.165, 1.54) is 6.92 Å². The van der Waals surface area contributed by atoms with Gasteiger partial charge in [0.15, 0.2) is 0 Å². The second kappa shape index (κ2) is 5.76. The Balaban J connectivity index is 1.73. The number of carbonyl (C=O) groups excluding carboxylic acids is 2. The van der Waals surface area contributed by atoms with E-state index in [1.807, 2.05) is 31.2 Å². The first-order chi connectivity index (χ1) is 11.0. The topological polar surface area (TPSA) is 67.4 Å². The number of hydrogen-bond acceptors (Lipinski definition) is 3. The minimum atomic E-state index is -1.58. The molecule has 1 atom stereocenters. The molecule has 5 heteroatoms. The van der Waals surface area contributed by atoms with E-state index in [2.05, 4.69) is 10.6 Å². The Morgan fingerprint density at radius 1 is 1.17 bits per heavy atom. The third kappa shape index (κ3) is 2.90. The van der Waals surface area contributed by atoms with E-state index in [4.69, 9.17) is 4.74 Å². The lowest BCUT2D eigenvalue weighted by molar-refractivity contribution is -0.146. The van der Waals surface area contributed by atoms with Gasteiger partial charge in [-0.15, -0.1) is 0 Å². The van der Waals surface area contributed by atoms with Crippen molar-refractivity contribution in [1.82, 2.24) is 5.32 Å². The number of nitrogens with one attached hydrogen (secondary N) is 2. The molecule has 2 amide bonds. The number of benzene rings is 2. The Labute approximate surface area is 134 Å². The molecule has 5 nitrogen and oxygen atoms in total. The van der Waals surface area contributed by atoms with Crippen LogP contribution in [0.3, 0.4) is 0 Å². The summed E-state index contributed by atoms with van der Waals surface area (Å²) in [6.45, 7) is 3.82. The van der Waals surface area contributed by atoms with Crippen molar-refractivity contribution >= 4 is 17.5 Å². The van der Waals surface area contributed by atoms with Gasteiger partial charge in [0, 0.05) is 6.54 Å². The van der Waals surface area contributed by atoms with E-state index in [-0.39, 0.29) is 0 Å². The van der Waals surface area contributed by atoms with Gasteiger partial charge in [0.25, 0.3) is 17.4 Å². The highest BCUT2D eigenvalue weighted by Crippen LogP contribution is 2.33. The normalized spacial score (nSPS) is 19.3. The van der Waals surface area contributed by atoms with Gasteiger partial charge >= 0.3 is 0 Å². The molecule has 118 valence electrons. The number of hydrogen-bond donors (Lipinski definition) is 2. The number of para-hydroxylation sites is 2. The fourth-order valence-electron chi connectivity index (χ4n) is 2.37. The minimum Gasteiger partial charge on any atom is -0.466 e. The summed E-state index contributed by atoms with van der Waals surface area (Å²) in [6, 6.07) is 14.9. The number of fused-ring (bicyclic) bond motifs is 1. The first kappa shape index (κ1) is 15.1. The highest BCUT2D eigenvalue weighted by molar-refractivity contribution is 6.15. The summed E-state index contributed by atoms with van der Waals surface area (Å²) in [5, 5.41) is 5.48. The van der Waals surface area contributed by atoms with Crippen molar-refractivity contribution in [3.63, 3.8) is 0 Å². The van der Waals surface area contributed by atoms with E-state index in [0.717, 1.165) is 11.1 Å². The second-order valence-corrected chi connectivity index (χ2v) is 5.75. The van der Waals surface area contributed by atoms with Crippen LogP contribution in [0, 0.1) is 6.92 Å². The number of carbonyl (C=O) groups is 2.